The van der Waals surface area contributed by atoms with Gasteiger partial charge < -0.3 is 14.9 Å². The number of ether oxygens (including phenoxy) is 1. The first-order chi connectivity index (χ1) is 9.13. The first-order valence-corrected chi connectivity index (χ1v) is 6.37. The molecule has 0 aliphatic carbocycles. The van der Waals surface area contributed by atoms with Crippen LogP contribution in [-0.4, -0.2) is 5.91 Å². The molecule has 0 aliphatic rings. The van der Waals surface area contributed by atoms with Crippen LogP contribution in [0.3, 0.4) is 0 Å². The Kier molecular flexibility index (Phi) is 4.41. The zero-order valence-electron chi connectivity index (χ0n) is 10.0. The molecule has 1 aromatic carbocycles. The van der Waals surface area contributed by atoms with E-state index in [-0.39, 0.29) is 0 Å². The topological polar surface area (TPSA) is 65.5 Å². The van der Waals surface area contributed by atoms with E-state index in [9.17, 15) is 4.79 Å². The summed E-state index contributed by atoms with van der Waals surface area (Å²) in [6.45, 7) is 0.325. The van der Waals surface area contributed by atoms with E-state index < -0.39 is 5.91 Å². The van der Waals surface area contributed by atoms with Crippen molar-refractivity contribution in [3.8, 4) is 5.75 Å². The molecule has 0 unspecified atom stereocenters. The van der Waals surface area contributed by atoms with Crippen molar-refractivity contribution in [2.45, 2.75) is 6.61 Å². The number of halogens is 1. The molecule has 1 amide bonds. The van der Waals surface area contributed by atoms with Gasteiger partial charge in [0.05, 0.1) is 0 Å². The van der Waals surface area contributed by atoms with E-state index in [4.69, 9.17) is 14.9 Å². The van der Waals surface area contributed by atoms with Crippen molar-refractivity contribution < 1.29 is 13.9 Å². The lowest BCUT2D eigenvalue weighted by atomic mass is 10.3. The highest BCUT2D eigenvalue weighted by atomic mass is 79.9. The molecule has 0 atom stereocenters. The first kappa shape index (κ1) is 13.4. The predicted molar refractivity (Wildman–Crippen MR) is 75.4 cm³/mol. The van der Waals surface area contributed by atoms with Gasteiger partial charge in [0.2, 0.25) is 5.91 Å². The Morgan fingerprint density at radius 1 is 1.26 bits per heavy atom. The second-order valence-electron chi connectivity index (χ2n) is 3.78. The Morgan fingerprint density at radius 2 is 2.00 bits per heavy atom. The Hall–Kier alpha value is -2.01. The average molecular weight is 322 g/mol. The molecule has 0 fully saturated rings. The van der Waals surface area contributed by atoms with E-state index in [2.05, 4.69) is 15.9 Å². The minimum Gasteiger partial charge on any atom is -0.486 e. The number of furan rings is 1. The second kappa shape index (κ2) is 6.24. The molecule has 0 bridgehead atoms. The zero-order chi connectivity index (χ0) is 13.7. The Labute approximate surface area is 119 Å². The van der Waals surface area contributed by atoms with Crippen molar-refractivity contribution in [3.63, 3.8) is 0 Å². The normalized spacial score (nSPS) is 10.8. The zero-order valence-corrected chi connectivity index (χ0v) is 11.6. The molecule has 1 aromatic heterocycles. The number of carbonyl (C=O) groups is 1. The van der Waals surface area contributed by atoms with Crippen LogP contribution < -0.4 is 10.5 Å². The molecule has 98 valence electrons. The minimum absolute atomic E-state index is 0.325. The smallest absolute Gasteiger partial charge is 0.241 e. The lowest BCUT2D eigenvalue weighted by molar-refractivity contribution is -0.113. The van der Waals surface area contributed by atoms with E-state index in [1.165, 1.54) is 12.2 Å². The SMILES string of the molecule is NC(=O)/C=C/c1ccc(COc2ccc(Br)cc2)o1. The maximum Gasteiger partial charge on any atom is 0.241 e. The summed E-state index contributed by atoms with van der Waals surface area (Å²) in [5, 5.41) is 0. The quantitative estimate of drug-likeness (QED) is 0.860. The van der Waals surface area contributed by atoms with Gasteiger partial charge in [-0.2, -0.15) is 0 Å². The molecule has 2 N–H and O–H groups in total. The molecule has 0 spiro atoms. The second-order valence-corrected chi connectivity index (χ2v) is 4.70. The average Bonchev–Trinajstić information content (AvgIpc) is 2.84. The third-order valence-electron chi connectivity index (χ3n) is 2.29. The molecule has 4 nitrogen and oxygen atoms in total. The standard InChI is InChI=1S/C14H12BrNO3/c15-10-1-3-11(4-2-10)18-9-13-6-5-12(19-13)7-8-14(16)17/h1-8H,9H2,(H2,16,17)/b8-7+. The first-order valence-electron chi connectivity index (χ1n) is 5.58. The number of hydrogen-bond donors (Lipinski definition) is 1. The van der Waals surface area contributed by atoms with Crippen molar-refractivity contribution in [2.75, 3.05) is 0 Å². The molecule has 0 saturated carbocycles. The number of hydrogen-bond acceptors (Lipinski definition) is 3. The van der Waals surface area contributed by atoms with Crippen LogP contribution in [0.2, 0.25) is 0 Å². The fourth-order valence-electron chi connectivity index (χ4n) is 1.41. The maximum atomic E-state index is 10.6. The number of amides is 1. The predicted octanol–water partition coefficient (Wildman–Crippen LogP) is 3.12. The highest BCUT2D eigenvalue weighted by molar-refractivity contribution is 9.10. The summed E-state index contributed by atoms with van der Waals surface area (Å²) in [6.07, 6.45) is 2.77. The fourth-order valence-corrected chi connectivity index (χ4v) is 1.68. The Bertz CT molecular complexity index is 587. The molecule has 0 saturated heterocycles. The highest BCUT2D eigenvalue weighted by Gasteiger charge is 2.01. The molecular weight excluding hydrogens is 310 g/mol. The van der Waals surface area contributed by atoms with Crippen LogP contribution in [-0.2, 0) is 11.4 Å². The fraction of sp³-hybridized carbons (Fsp3) is 0.0714. The van der Waals surface area contributed by atoms with Crippen molar-refractivity contribution >= 4 is 27.9 Å². The summed E-state index contributed by atoms with van der Waals surface area (Å²) in [4.78, 5) is 10.6. The summed E-state index contributed by atoms with van der Waals surface area (Å²) in [5.41, 5.74) is 5.00. The summed E-state index contributed by atoms with van der Waals surface area (Å²) in [7, 11) is 0. The van der Waals surface area contributed by atoms with Gasteiger partial charge in [-0.05, 0) is 42.5 Å². The third-order valence-corrected chi connectivity index (χ3v) is 2.82. The molecule has 0 radical (unpaired) electrons. The minimum atomic E-state index is -0.510. The summed E-state index contributed by atoms with van der Waals surface area (Å²) < 4.78 is 12.0. The number of nitrogens with two attached hydrogens (primary N) is 1. The number of primary amides is 1. The van der Waals surface area contributed by atoms with Crippen molar-refractivity contribution in [1.29, 1.82) is 0 Å². The largest absolute Gasteiger partial charge is 0.486 e. The highest BCUT2D eigenvalue weighted by Crippen LogP contribution is 2.18. The van der Waals surface area contributed by atoms with Crippen molar-refractivity contribution in [2.24, 2.45) is 5.73 Å². The van der Waals surface area contributed by atoms with Crippen LogP contribution in [0.4, 0.5) is 0 Å². The molecule has 2 rings (SSSR count). The lowest BCUT2D eigenvalue weighted by Crippen LogP contribution is -2.04. The van der Waals surface area contributed by atoms with Crippen molar-refractivity contribution in [1.82, 2.24) is 0 Å². The van der Waals surface area contributed by atoms with Gasteiger partial charge in [-0.3, -0.25) is 4.79 Å². The van der Waals surface area contributed by atoms with Gasteiger partial charge >= 0.3 is 0 Å². The van der Waals surface area contributed by atoms with Crippen LogP contribution >= 0.6 is 15.9 Å². The molecule has 1 heterocycles. The molecular formula is C14H12BrNO3. The maximum absolute atomic E-state index is 10.6. The molecule has 19 heavy (non-hydrogen) atoms. The van der Waals surface area contributed by atoms with Crippen LogP contribution in [0.25, 0.3) is 6.08 Å². The van der Waals surface area contributed by atoms with E-state index >= 15 is 0 Å². The number of carbonyl (C=O) groups excluding carboxylic acids is 1. The van der Waals surface area contributed by atoms with Crippen LogP contribution in [0.15, 0.2) is 51.4 Å². The summed E-state index contributed by atoms with van der Waals surface area (Å²) in [5.74, 6) is 1.48. The molecule has 0 aliphatic heterocycles. The van der Waals surface area contributed by atoms with Gasteiger partial charge in [0.15, 0.2) is 0 Å². The van der Waals surface area contributed by atoms with Gasteiger partial charge in [-0.25, -0.2) is 0 Å². The van der Waals surface area contributed by atoms with Gasteiger partial charge in [-0.15, -0.1) is 0 Å². The van der Waals surface area contributed by atoms with Crippen LogP contribution in [0, 0.1) is 0 Å². The van der Waals surface area contributed by atoms with Crippen LogP contribution in [0.1, 0.15) is 11.5 Å². The van der Waals surface area contributed by atoms with Gasteiger partial charge in [0.1, 0.15) is 23.9 Å². The van der Waals surface area contributed by atoms with Crippen molar-refractivity contribution in [3.05, 3.63) is 58.5 Å². The molecule has 5 heteroatoms. The van der Waals surface area contributed by atoms with Gasteiger partial charge in [-0.1, -0.05) is 15.9 Å². The van der Waals surface area contributed by atoms with E-state index in [1.54, 1.807) is 12.1 Å². The Balaban J connectivity index is 1.93. The van der Waals surface area contributed by atoms with Gasteiger partial charge in [0.25, 0.3) is 0 Å². The van der Waals surface area contributed by atoms with Gasteiger partial charge in [0, 0.05) is 10.5 Å². The third kappa shape index (κ3) is 4.30. The van der Waals surface area contributed by atoms with E-state index in [1.807, 2.05) is 24.3 Å². The molecule has 2 aromatic rings. The Morgan fingerprint density at radius 3 is 2.68 bits per heavy atom. The lowest BCUT2D eigenvalue weighted by Gasteiger charge is -2.03. The summed E-state index contributed by atoms with van der Waals surface area (Å²) >= 11 is 3.35. The van der Waals surface area contributed by atoms with E-state index in [0.29, 0.717) is 18.1 Å². The van der Waals surface area contributed by atoms with Crippen LogP contribution in [0.5, 0.6) is 5.75 Å². The number of rotatable bonds is 5. The monoisotopic (exact) mass is 321 g/mol. The summed E-state index contributed by atoms with van der Waals surface area (Å²) in [6, 6.07) is 11.1. The van der Waals surface area contributed by atoms with E-state index in [0.717, 1.165) is 10.2 Å². The number of benzene rings is 1.